The third-order valence-corrected chi connectivity index (χ3v) is 7.23. The van der Waals surface area contributed by atoms with E-state index < -0.39 is 9.84 Å². The first kappa shape index (κ1) is 22.4. The minimum absolute atomic E-state index is 0.126. The molecule has 2 aromatic rings. The van der Waals surface area contributed by atoms with Gasteiger partial charge in [0.1, 0.15) is 0 Å². The second-order valence-corrected chi connectivity index (χ2v) is 11.0. The van der Waals surface area contributed by atoms with E-state index in [-0.39, 0.29) is 22.7 Å². The molecular weight excluding hydrogens is 424 g/mol. The van der Waals surface area contributed by atoms with Crippen molar-refractivity contribution in [2.45, 2.75) is 47.8 Å². The maximum Gasteiger partial charge on any atom is 0.410 e. The van der Waals surface area contributed by atoms with Gasteiger partial charge in [-0.05, 0) is 57.0 Å². The Morgan fingerprint density at radius 2 is 1.77 bits per heavy atom. The Hall–Kier alpha value is -2.26. The summed E-state index contributed by atoms with van der Waals surface area (Å²) in [7, 11) is -3.27. The van der Waals surface area contributed by atoms with Gasteiger partial charge >= 0.3 is 6.09 Å². The van der Waals surface area contributed by atoms with Crippen molar-refractivity contribution in [1.82, 2.24) is 9.47 Å². The molecule has 3 rings (SSSR count). The molecule has 9 heteroatoms. The summed E-state index contributed by atoms with van der Waals surface area (Å²) in [5.41, 5.74) is 0.436. The van der Waals surface area contributed by atoms with Crippen molar-refractivity contribution in [2.24, 2.45) is 0 Å². The van der Waals surface area contributed by atoms with Crippen LogP contribution in [-0.4, -0.2) is 54.7 Å². The van der Waals surface area contributed by atoms with E-state index in [1.54, 1.807) is 41.1 Å². The van der Waals surface area contributed by atoms with Gasteiger partial charge in [-0.1, -0.05) is 0 Å². The third-order valence-electron chi connectivity index (χ3n) is 4.77. The highest BCUT2D eigenvalue weighted by molar-refractivity contribution is 8.00. The lowest BCUT2D eigenvalue weighted by molar-refractivity contribution is 0.0717. The minimum Gasteiger partial charge on any atom is -0.447 e. The van der Waals surface area contributed by atoms with E-state index in [2.05, 4.69) is 0 Å². The number of piperidine rings is 1. The zero-order valence-corrected chi connectivity index (χ0v) is 18.9. The highest BCUT2D eigenvalue weighted by atomic mass is 32.2. The third kappa shape index (κ3) is 5.66. The number of sulfone groups is 1. The molecule has 1 aromatic carbocycles. The van der Waals surface area contributed by atoms with Crippen LogP contribution in [0.2, 0.25) is 0 Å². The van der Waals surface area contributed by atoms with Gasteiger partial charge in [0.15, 0.2) is 9.84 Å². The first-order chi connectivity index (χ1) is 14.1. The van der Waals surface area contributed by atoms with Gasteiger partial charge in [-0.25, -0.2) is 13.2 Å². The second kappa shape index (κ2) is 9.26. The molecule has 1 saturated heterocycles. The van der Waals surface area contributed by atoms with Crippen LogP contribution in [0.25, 0.3) is 5.69 Å². The van der Waals surface area contributed by atoms with Crippen molar-refractivity contribution in [3.63, 3.8) is 0 Å². The fourth-order valence-corrected chi connectivity index (χ4v) is 5.00. The molecule has 0 spiro atoms. The Balaban J connectivity index is 1.63. The summed E-state index contributed by atoms with van der Waals surface area (Å²) >= 11 is 1.64. The van der Waals surface area contributed by atoms with Crippen LogP contribution < -0.4 is 5.56 Å². The summed E-state index contributed by atoms with van der Waals surface area (Å²) in [5, 5.41) is 0.331. The Morgan fingerprint density at radius 3 is 2.30 bits per heavy atom. The standard InChI is InChI=1S/C21H26N2O5S2/c1-15(2)28-21(25)22-11-8-17(9-12-22)29-18-10-13-23(20(24)14-18)16-4-6-19(7-5-16)30(3,26)27/h4-7,10,13-15,17H,8-9,11-12H2,1-3H3. The van der Waals surface area contributed by atoms with Crippen molar-refractivity contribution in [1.29, 1.82) is 0 Å². The summed E-state index contributed by atoms with van der Waals surface area (Å²) in [6.07, 6.45) is 4.14. The predicted octanol–water partition coefficient (Wildman–Crippen LogP) is 3.34. The van der Waals surface area contributed by atoms with Crippen molar-refractivity contribution in [2.75, 3.05) is 19.3 Å². The maximum atomic E-state index is 12.6. The van der Waals surface area contributed by atoms with E-state index in [1.165, 1.54) is 16.7 Å². The van der Waals surface area contributed by atoms with Crippen LogP contribution in [0, 0.1) is 0 Å². The van der Waals surface area contributed by atoms with E-state index in [1.807, 2.05) is 19.9 Å². The van der Waals surface area contributed by atoms with Crippen LogP contribution >= 0.6 is 11.8 Å². The van der Waals surface area contributed by atoms with Gasteiger partial charge in [0.05, 0.1) is 11.0 Å². The van der Waals surface area contributed by atoms with Crippen LogP contribution in [0.15, 0.2) is 57.2 Å². The number of thioether (sulfide) groups is 1. The van der Waals surface area contributed by atoms with Crippen molar-refractivity contribution in [3.05, 3.63) is 52.9 Å². The summed E-state index contributed by atoms with van der Waals surface area (Å²) in [6, 6.07) is 9.72. The molecular formula is C21H26N2O5S2. The molecule has 162 valence electrons. The van der Waals surface area contributed by atoms with E-state index in [9.17, 15) is 18.0 Å². The van der Waals surface area contributed by atoms with Gasteiger partial charge in [0.2, 0.25) is 0 Å². The quantitative estimate of drug-likeness (QED) is 0.695. The zero-order valence-electron chi connectivity index (χ0n) is 17.3. The largest absolute Gasteiger partial charge is 0.447 e. The molecule has 1 aromatic heterocycles. The van der Waals surface area contributed by atoms with Gasteiger partial charge < -0.3 is 9.64 Å². The summed E-state index contributed by atoms with van der Waals surface area (Å²) < 4.78 is 29.9. The van der Waals surface area contributed by atoms with Crippen LogP contribution in [0.4, 0.5) is 4.79 Å². The Morgan fingerprint density at radius 1 is 1.13 bits per heavy atom. The first-order valence-corrected chi connectivity index (χ1v) is 12.6. The number of pyridine rings is 1. The van der Waals surface area contributed by atoms with E-state index in [0.717, 1.165) is 24.0 Å². The Bertz CT molecular complexity index is 1050. The number of carbonyl (C=O) groups is 1. The number of ether oxygens (including phenoxy) is 1. The topological polar surface area (TPSA) is 85.7 Å². The highest BCUT2D eigenvalue weighted by Crippen LogP contribution is 2.30. The van der Waals surface area contributed by atoms with Gasteiger partial charge in [-0.15, -0.1) is 11.8 Å². The molecule has 0 saturated carbocycles. The lowest BCUT2D eigenvalue weighted by atomic mass is 10.1. The molecule has 2 heterocycles. The molecule has 1 fully saturated rings. The number of amides is 1. The van der Waals surface area contributed by atoms with Crippen molar-refractivity contribution in [3.8, 4) is 5.69 Å². The molecule has 30 heavy (non-hydrogen) atoms. The van der Waals surface area contributed by atoms with Gasteiger partial charge in [0.25, 0.3) is 5.56 Å². The number of likely N-dealkylation sites (tertiary alicyclic amines) is 1. The average molecular weight is 451 g/mol. The lowest BCUT2D eigenvalue weighted by Gasteiger charge is -2.31. The summed E-state index contributed by atoms with van der Waals surface area (Å²) in [5.74, 6) is 0. The van der Waals surface area contributed by atoms with Crippen LogP contribution in [0.1, 0.15) is 26.7 Å². The smallest absolute Gasteiger partial charge is 0.410 e. The number of hydrogen-bond donors (Lipinski definition) is 0. The van der Waals surface area contributed by atoms with Gasteiger partial charge in [0, 0.05) is 47.4 Å². The Labute approximate surface area is 181 Å². The molecule has 1 aliphatic rings. The number of aromatic nitrogens is 1. The average Bonchev–Trinajstić information content (AvgIpc) is 2.67. The molecule has 0 atom stereocenters. The molecule has 1 aliphatic heterocycles. The monoisotopic (exact) mass is 450 g/mol. The van der Waals surface area contributed by atoms with Crippen LogP contribution in [-0.2, 0) is 14.6 Å². The first-order valence-electron chi connectivity index (χ1n) is 9.79. The van der Waals surface area contributed by atoms with Crippen LogP contribution in [0.3, 0.4) is 0 Å². The van der Waals surface area contributed by atoms with E-state index in [0.29, 0.717) is 24.0 Å². The zero-order chi connectivity index (χ0) is 21.9. The normalized spacial score (nSPS) is 15.4. The molecule has 1 amide bonds. The number of rotatable bonds is 5. The highest BCUT2D eigenvalue weighted by Gasteiger charge is 2.25. The summed E-state index contributed by atoms with van der Waals surface area (Å²) in [6.45, 7) is 4.96. The van der Waals surface area contributed by atoms with Crippen molar-refractivity contribution < 1.29 is 17.9 Å². The fourth-order valence-electron chi connectivity index (χ4n) is 3.23. The number of hydrogen-bond acceptors (Lipinski definition) is 6. The molecule has 0 N–H and O–H groups in total. The minimum atomic E-state index is -3.27. The molecule has 7 nitrogen and oxygen atoms in total. The fraction of sp³-hybridized carbons (Fsp3) is 0.429. The van der Waals surface area contributed by atoms with E-state index >= 15 is 0 Å². The lowest BCUT2D eigenvalue weighted by Crippen LogP contribution is -2.40. The summed E-state index contributed by atoms with van der Waals surface area (Å²) in [4.78, 5) is 27.4. The molecule has 0 unspecified atom stereocenters. The predicted molar refractivity (Wildman–Crippen MR) is 117 cm³/mol. The molecule has 0 radical (unpaired) electrons. The maximum absolute atomic E-state index is 12.6. The number of nitrogens with zero attached hydrogens (tertiary/aromatic N) is 2. The van der Waals surface area contributed by atoms with E-state index in [4.69, 9.17) is 4.74 Å². The molecule has 0 aliphatic carbocycles. The Kier molecular flexibility index (Phi) is 6.92. The SMILES string of the molecule is CC(C)OC(=O)N1CCC(Sc2ccn(-c3ccc(S(C)(=O)=O)cc3)c(=O)c2)CC1. The molecule has 0 bridgehead atoms. The number of carbonyl (C=O) groups excluding carboxylic acids is 1. The second-order valence-electron chi connectivity index (χ2n) is 7.57. The van der Waals surface area contributed by atoms with Gasteiger partial charge in [-0.2, -0.15) is 0 Å². The number of benzene rings is 1. The van der Waals surface area contributed by atoms with Crippen LogP contribution in [0.5, 0.6) is 0 Å². The van der Waals surface area contributed by atoms with Gasteiger partial charge in [-0.3, -0.25) is 9.36 Å². The van der Waals surface area contributed by atoms with Crippen molar-refractivity contribution >= 4 is 27.7 Å².